The van der Waals surface area contributed by atoms with Crippen molar-refractivity contribution in [3.8, 4) is 0 Å². The summed E-state index contributed by atoms with van der Waals surface area (Å²) in [5, 5.41) is 3.46. The summed E-state index contributed by atoms with van der Waals surface area (Å²) in [5.74, 6) is -0.799. The number of sulfonamides is 2. The lowest BCUT2D eigenvalue weighted by atomic mass is 9.97. The van der Waals surface area contributed by atoms with Gasteiger partial charge in [-0.25, -0.2) is 21.1 Å². The highest BCUT2D eigenvalue weighted by atomic mass is 35.5. The van der Waals surface area contributed by atoms with Crippen molar-refractivity contribution in [2.24, 2.45) is 5.92 Å². The third-order valence-corrected chi connectivity index (χ3v) is 10.3. The van der Waals surface area contributed by atoms with E-state index in [2.05, 4.69) is 10.0 Å². The van der Waals surface area contributed by atoms with Gasteiger partial charge in [-0.2, -0.15) is 0 Å². The van der Waals surface area contributed by atoms with E-state index in [0.29, 0.717) is 39.8 Å². The molecule has 0 aliphatic carbocycles. The standard InChI is InChI=1S/C26H27Cl2N3O5S2/c1-18-4-2-3-5-25(18)30-38(35,36)22-9-7-21(8-10-22)29-26(32)20-12-14-31(15-13-20)37(33,34)17-19-6-11-23(27)24(28)16-19/h2-11,16,20,30H,12-15,17H2,1H3,(H,29,32). The van der Waals surface area contributed by atoms with Crippen molar-refractivity contribution < 1.29 is 21.6 Å². The Balaban J connectivity index is 1.32. The van der Waals surface area contributed by atoms with E-state index in [1.165, 1.54) is 34.6 Å². The van der Waals surface area contributed by atoms with E-state index in [1.54, 1.807) is 24.3 Å². The molecular formula is C26H27Cl2N3O5S2. The third kappa shape index (κ3) is 6.86. The fourth-order valence-corrected chi connectivity index (χ4v) is 7.18. The fourth-order valence-electron chi connectivity index (χ4n) is 4.18. The number of nitrogens with one attached hydrogen (secondary N) is 2. The summed E-state index contributed by atoms with van der Waals surface area (Å²) < 4.78 is 55.1. The van der Waals surface area contributed by atoms with Crippen LogP contribution in [-0.2, 0) is 30.6 Å². The fraction of sp³-hybridized carbons (Fsp3) is 0.269. The maximum Gasteiger partial charge on any atom is 0.261 e. The molecule has 1 aliphatic heterocycles. The van der Waals surface area contributed by atoms with Crippen molar-refractivity contribution in [3.63, 3.8) is 0 Å². The Labute approximate surface area is 233 Å². The number of halogens is 2. The smallest absolute Gasteiger partial charge is 0.261 e. The average Bonchev–Trinajstić information content (AvgIpc) is 2.88. The van der Waals surface area contributed by atoms with Crippen molar-refractivity contribution in [2.45, 2.75) is 30.4 Å². The first-order valence-corrected chi connectivity index (χ1v) is 15.7. The Kier molecular flexibility index (Phi) is 8.68. The van der Waals surface area contributed by atoms with Gasteiger partial charge in [0.2, 0.25) is 15.9 Å². The van der Waals surface area contributed by atoms with Crippen molar-refractivity contribution in [1.82, 2.24) is 4.31 Å². The van der Waals surface area contributed by atoms with Crippen LogP contribution in [0.2, 0.25) is 10.0 Å². The highest BCUT2D eigenvalue weighted by Crippen LogP contribution is 2.27. The maximum absolute atomic E-state index is 12.9. The number of para-hydroxylation sites is 1. The summed E-state index contributed by atoms with van der Waals surface area (Å²) >= 11 is 11.9. The van der Waals surface area contributed by atoms with E-state index in [9.17, 15) is 21.6 Å². The summed E-state index contributed by atoms with van der Waals surface area (Å²) in [5.41, 5.74) is 2.29. The Bertz CT molecular complexity index is 1540. The molecule has 2 N–H and O–H groups in total. The molecule has 3 aromatic rings. The van der Waals surface area contributed by atoms with Crippen LogP contribution in [0.4, 0.5) is 11.4 Å². The molecule has 0 saturated carbocycles. The van der Waals surface area contributed by atoms with E-state index in [0.717, 1.165) is 5.56 Å². The Morgan fingerprint density at radius 3 is 2.21 bits per heavy atom. The molecule has 1 amide bonds. The molecule has 8 nitrogen and oxygen atoms in total. The molecule has 202 valence electrons. The van der Waals surface area contributed by atoms with Gasteiger partial charge < -0.3 is 5.32 Å². The van der Waals surface area contributed by atoms with Gasteiger partial charge in [-0.15, -0.1) is 0 Å². The second-order valence-electron chi connectivity index (χ2n) is 9.11. The number of amides is 1. The van der Waals surface area contributed by atoms with Crippen LogP contribution in [0.15, 0.2) is 71.6 Å². The normalized spacial score (nSPS) is 15.2. The van der Waals surface area contributed by atoms with Crippen molar-refractivity contribution in [2.75, 3.05) is 23.1 Å². The molecule has 4 rings (SSSR count). The lowest BCUT2D eigenvalue weighted by Gasteiger charge is -2.30. The molecule has 1 fully saturated rings. The zero-order valence-corrected chi connectivity index (χ0v) is 23.7. The number of carbonyl (C=O) groups excluding carboxylic acids is 1. The average molecular weight is 597 g/mol. The molecule has 1 saturated heterocycles. The second kappa shape index (κ2) is 11.6. The van der Waals surface area contributed by atoms with Gasteiger partial charge in [0.05, 0.1) is 26.4 Å². The highest BCUT2D eigenvalue weighted by molar-refractivity contribution is 7.92. The Hall–Kier alpha value is -2.63. The molecule has 12 heteroatoms. The van der Waals surface area contributed by atoms with Gasteiger partial charge in [-0.1, -0.05) is 47.5 Å². The van der Waals surface area contributed by atoms with Crippen LogP contribution < -0.4 is 10.0 Å². The molecule has 0 unspecified atom stereocenters. The summed E-state index contributed by atoms with van der Waals surface area (Å²) in [6.45, 7) is 2.26. The number of anilines is 2. The van der Waals surface area contributed by atoms with Crippen LogP contribution in [0.5, 0.6) is 0 Å². The van der Waals surface area contributed by atoms with Gasteiger partial charge in [0, 0.05) is 24.7 Å². The van der Waals surface area contributed by atoms with Crippen molar-refractivity contribution >= 4 is 60.5 Å². The van der Waals surface area contributed by atoms with Gasteiger partial charge in [0.1, 0.15) is 0 Å². The number of piperidine rings is 1. The van der Waals surface area contributed by atoms with Gasteiger partial charge in [0.15, 0.2) is 0 Å². The molecular weight excluding hydrogens is 569 g/mol. The first-order chi connectivity index (χ1) is 17.9. The van der Waals surface area contributed by atoms with Crippen molar-refractivity contribution in [3.05, 3.63) is 87.9 Å². The zero-order valence-electron chi connectivity index (χ0n) is 20.5. The van der Waals surface area contributed by atoms with Crippen LogP contribution in [0.1, 0.15) is 24.0 Å². The van der Waals surface area contributed by atoms with Crippen LogP contribution in [0.25, 0.3) is 0 Å². The highest BCUT2D eigenvalue weighted by Gasteiger charge is 2.31. The van der Waals surface area contributed by atoms with Gasteiger partial charge in [0.25, 0.3) is 10.0 Å². The Morgan fingerprint density at radius 2 is 1.58 bits per heavy atom. The molecule has 0 bridgehead atoms. The zero-order chi connectivity index (χ0) is 27.5. The number of aryl methyl sites for hydroxylation is 1. The number of benzene rings is 3. The monoisotopic (exact) mass is 595 g/mol. The number of hydrogen-bond acceptors (Lipinski definition) is 5. The van der Waals surface area contributed by atoms with Gasteiger partial charge >= 0.3 is 0 Å². The predicted molar refractivity (Wildman–Crippen MR) is 150 cm³/mol. The van der Waals surface area contributed by atoms with E-state index in [1.807, 2.05) is 19.1 Å². The number of hydrogen-bond donors (Lipinski definition) is 2. The van der Waals surface area contributed by atoms with Crippen LogP contribution >= 0.6 is 23.2 Å². The number of carbonyl (C=O) groups is 1. The molecule has 0 spiro atoms. The summed E-state index contributed by atoms with van der Waals surface area (Å²) in [7, 11) is -7.37. The molecule has 1 aliphatic rings. The lowest BCUT2D eigenvalue weighted by Crippen LogP contribution is -2.41. The topological polar surface area (TPSA) is 113 Å². The molecule has 38 heavy (non-hydrogen) atoms. The SMILES string of the molecule is Cc1ccccc1NS(=O)(=O)c1ccc(NC(=O)C2CCN(S(=O)(=O)Cc3ccc(Cl)c(Cl)c3)CC2)cc1. The van der Waals surface area contributed by atoms with Crippen LogP contribution in [-0.4, -0.2) is 40.1 Å². The summed E-state index contributed by atoms with van der Waals surface area (Å²) in [4.78, 5) is 12.9. The Morgan fingerprint density at radius 1 is 0.921 bits per heavy atom. The van der Waals surface area contributed by atoms with Crippen LogP contribution in [0.3, 0.4) is 0 Å². The largest absolute Gasteiger partial charge is 0.326 e. The first-order valence-electron chi connectivity index (χ1n) is 11.9. The van der Waals surface area contributed by atoms with E-state index in [-0.39, 0.29) is 35.6 Å². The summed E-state index contributed by atoms with van der Waals surface area (Å²) in [6, 6.07) is 17.7. The minimum absolute atomic E-state index is 0.0687. The quantitative estimate of drug-likeness (QED) is 0.367. The second-order valence-corrected chi connectivity index (χ2v) is 13.6. The predicted octanol–water partition coefficient (Wildman–Crippen LogP) is 5.28. The van der Waals surface area contributed by atoms with E-state index >= 15 is 0 Å². The van der Waals surface area contributed by atoms with E-state index < -0.39 is 20.0 Å². The molecule has 0 aromatic heterocycles. The summed E-state index contributed by atoms with van der Waals surface area (Å²) in [6.07, 6.45) is 0.749. The molecule has 0 atom stereocenters. The molecule has 0 radical (unpaired) electrons. The lowest BCUT2D eigenvalue weighted by molar-refractivity contribution is -0.120. The van der Waals surface area contributed by atoms with Crippen molar-refractivity contribution in [1.29, 1.82) is 0 Å². The minimum Gasteiger partial charge on any atom is -0.326 e. The maximum atomic E-state index is 12.9. The molecule has 1 heterocycles. The first kappa shape index (κ1) is 28.4. The molecule has 3 aromatic carbocycles. The van der Waals surface area contributed by atoms with Crippen LogP contribution in [0, 0.1) is 12.8 Å². The minimum atomic E-state index is -3.79. The number of rotatable bonds is 8. The van der Waals surface area contributed by atoms with Gasteiger partial charge in [-0.3, -0.25) is 9.52 Å². The third-order valence-electron chi connectivity index (χ3n) is 6.37. The van der Waals surface area contributed by atoms with E-state index in [4.69, 9.17) is 23.2 Å². The van der Waals surface area contributed by atoms with Gasteiger partial charge in [-0.05, 0) is 73.4 Å². The number of nitrogens with zero attached hydrogens (tertiary/aromatic N) is 1.